The zero-order chi connectivity index (χ0) is 12.4. The molecule has 1 heterocycles. The third kappa shape index (κ3) is 1.99. The zero-order valence-corrected chi connectivity index (χ0v) is 9.13. The topological polar surface area (TPSA) is 63.9 Å². The largest absolute Gasteiger partial charge is 0.494 e. The summed E-state index contributed by atoms with van der Waals surface area (Å²) in [6.07, 6.45) is 1.39. The van der Waals surface area contributed by atoms with E-state index in [1.807, 2.05) is 0 Å². The second kappa shape index (κ2) is 4.50. The van der Waals surface area contributed by atoms with Crippen LogP contribution in [0.1, 0.15) is 5.69 Å². The van der Waals surface area contributed by atoms with Crippen molar-refractivity contribution in [3.63, 3.8) is 0 Å². The Labute approximate surface area is 96.4 Å². The molecule has 0 radical (unpaired) electrons. The van der Waals surface area contributed by atoms with E-state index in [4.69, 9.17) is 5.73 Å². The van der Waals surface area contributed by atoms with Gasteiger partial charge in [0, 0.05) is 18.2 Å². The van der Waals surface area contributed by atoms with Crippen molar-refractivity contribution in [1.29, 1.82) is 0 Å². The predicted octanol–water partition coefficient (Wildman–Crippen LogP) is 1.82. The number of methoxy groups -OCH3 is 1. The first-order valence-electron chi connectivity index (χ1n) is 4.93. The van der Waals surface area contributed by atoms with Crippen LogP contribution in [0.2, 0.25) is 0 Å². The molecular weight excluding hydrogens is 228 g/mol. The Morgan fingerprint density at radius 2 is 2.12 bits per heavy atom. The van der Waals surface area contributed by atoms with E-state index in [1.165, 1.54) is 13.4 Å². The van der Waals surface area contributed by atoms with Crippen molar-refractivity contribution >= 4 is 0 Å². The van der Waals surface area contributed by atoms with Gasteiger partial charge in [0.25, 0.3) is 0 Å². The number of benzene rings is 1. The normalized spacial score (nSPS) is 10.6. The van der Waals surface area contributed by atoms with Gasteiger partial charge in [-0.25, -0.2) is 13.8 Å². The number of rotatable bonds is 3. The molecule has 0 saturated heterocycles. The van der Waals surface area contributed by atoms with Crippen LogP contribution in [0, 0.1) is 11.6 Å². The summed E-state index contributed by atoms with van der Waals surface area (Å²) >= 11 is 0. The van der Waals surface area contributed by atoms with E-state index in [-0.39, 0.29) is 17.9 Å². The van der Waals surface area contributed by atoms with Gasteiger partial charge in [-0.2, -0.15) is 0 Å². The van der Waals surface area contributed by atoms with Gasteiger partial charge < -0.3 is 15.5 Å². The Bertz CT molecular complexity index is 540. The minimum absolute atomic E-state index is 0.0602. The SMILES string of the molecule is COc1cc(F)c(-c2nc[nH]c2CN)cc1F. The van der Waals surface area contributed by atoms with Gasteiger partial charge in [0.05, 0.1) is 24.8 Å². The molecule has 0 aliphatic heterocycles. The van der Waals surface area contributed by atoms with Gasteiger partial charge in [-0.1, -0.05) is 0 Å². The summed E-state index contributed by atoms with van der Waals surface area (Å²) in [5, 5.41) is 0. The Balaban J connectivity index is 2.56. The van der Waals surface area contributed by atoms with Crippen LogP contribution in [0.15, 0.2) is 18.5 Å². The second-order valence-corrected chi connectivity index (χ2v) is 3.40. The number of nitrogens with one attached hydrogen (secondary N) is 1. The van der Waals surface area contributed by atoms with Crippen molar-refractivity contribution in [2.45, 2.75) is 6.54 Å². The monoisotopic (exact) mass is 239 g/mol. The standard InChI is InChI=1S/C11H11F2N3O/c1-17-10-3-7(12)6(2-8(10)13)11-9(4-14)15-5-16-11/h2-3,5H,4,14H2,1H3,(H,15,16). The molecule has 1 aromatic carbocycles. The fourth-order valence-corrected chi connectivity index (χ4v) is 1.58. The molecule has 0 fully saturated rings. The van der Waals surface area contributed by atoms with Gasteiger partial charge >= 0.3 is 0 Å². The molecule has 2 rings (SSSR count). The number of aromatic amines is 1. The molecule has 90 valence electrons. The van der Waals surface area contributed by atoms with Crippen LogP contribution in [-0.4, -0.2) is 17.1 Å². The molecule has 0 bridgehead atoms. The lowest BCUT2D eigenvalue weighted by atomic mass is 10.1. The molecule has 0 amide bonds. The van der Waals surface area contributed by atoms with E-state index in [1.54, 1.807) is 0 Å². The fraction of sp³-hybridized carbons (Fsp3) is 0.182. The molecular formula is C11H11F2N3O. The van der Waals surface area contributed by atoms with Crippen molar-refractivity contribution < 1.29 is 13.5 Å². The van der Waals surface area contributed by atoms with Gasteiger partial charge in [-0.05, 0) is 6.07 Å². The number of hydrogen-bond donors (Lipinski definition) is 2. The molecule has 0 atom stereocenters. The maximum absolute atomic E-state index is 13.8. The Morgan fingerprint density at radius 3 is 2.76 bits per heavy atom. The average molecular weight is 239 g/mol. The summed E-state index contributed by atoms with van der Waals surface area (Å²) in [5.41, 5.74) is 6.39. The number of aromatic nitrogens is 2. The van der Waals surface area contributed by atoms with Gasteiger partial charge in [-0.3, -0.25) is 0 Å². The number of nitrogens with two attached hydrogens (primary N) is 1. The quantitative estimate of drug-likeness (QED) is 0.858. The van der Waals surface area contributed by atoms with Crippen LogP contribution in [0.4, 0.5) is 8.78 Å². The van der Waals surface area contributed by atoms with Crippen molar-refractivity contribution in [3.05, 3.63) is 35.8 Å². The first-order valence-corrected chi connectivity index (χ1v) is 4.93. The van der Waals surface area contributed by atoms with Crippen molar-refractivity contribution in [3.8, 4) is 17.0 Å². The molecule has 0 aliphatic rings. The Morgan fingerprint density at radius 1 is 1.35 bits per heavy atom. The van der Waals surface area contributed by atoms with Crippen LogP contribution >= 0.6 is 0 Å². The van der Waals surface area contributed by atoms with E-state index in [9.17, 15) is 8.78 Å². The van der Waals surface area contributed by atoms with Crippen LogP contribution in [0.5, 0.6) is 5.75 Å². The van der Waals surface area contributed by atoms with Crippen LogP contribution in [-0.2, 0) is 6.54 Å². The van der Waals surface area contributed by atoms with Crippen molar-refractivity contribution in [2.24, 2.45) is 5.73 Å². The minimum atomic E-state index is -0.644. The van der Waals surface area contributed by atoms with E-state index < -0.39 is 11.6 Å². The van der Waals surface area contributed by atoms with E-state index in [2.05, 4.69) is 14.7 Å². The third-order valence-corrected chi connectivity index (χ3v) is 2.42. The van der Waals surface area contributed by atoms with Crippen molar-refractivity contribution in [1.82, 2.24) is 9.97 Å². The smallest absolute Gasteiger partial charge is 0.165 e. The van der Waals surface area contributed by atoms with Crippen LogP contribution in [0.3, 0.4) is 0 Å². The van der Waals surface area contributed by atoms with Gasteiger partial charge in [0.15, 0.2) is 11.6 Å². The first-order chi connectivity index (χ1) is 8.17. The van der Waals surface area contributed by atoms with Gasteiger partial charge in [0.2, 0.25) is 0 Å². The van der Waals surface area contributed by atoms with Gasteiger partial charge in [-0.15, -0.1) is 0 Å². The lowest BCUT2D eigenvalue weighted by molar-refractivity contribution is 0.383. The highest BCUT2D eigenvalue weighted by atomic mass is 19.1. The molecule has 4 nitrogen and oxygen atoms in total. The summed E-state index contributed by atoms with van der Waals surface area (Å²) in [7, 11) is 1.28. The van der Waals surface area contributed by atoms with E-state index in [0.717, 1.165) is 12.1 Å². The minimum Gasteiger partial charge on any atom is -0.494 e. The lowest BCUT2D eigenvalue weighted by Crippen LogP contribution is -2.00. The summed E-state index contributed by atoms with van der Waals surface area (Å²) in [4.78, 5) is 6.70. The predicted molar refractivity (Wildman–Crippen MR) is 58.4 cm³/mol. The Hall–Kier alpha value is -1.95. The second-order valence-electron chi connectivity index (χ2n) is 3.40. The molecule has 0 spiro atoms. The molecule has 0 saturated carbocycles. The number of H-pyrrole nitrogens is 1. The van der Waals surface area contributed by atoms with Crippen molar-refractivity contribution in [2.75, 3.05) is 7.11 Å². The first kappa shape index (κ1) is 11.5. The number of halogens is 2. The lowest BCUT2D eigenvalue weighted by Gasteiger charge is -2.06. The summed E-state index contributed by atoms with van der Waals surface area (Å²) in [6.45, 7) is 0.169. The number of nitrogens with zero attached hydrogens (tertiary/aromatic N) is 1. The number of imidazole rings is 1. The molecule has 0 unspecified atom stereocenters. The summed E-state index contributed by atoms with van der Waals surface area (Å²) in [5.74, 6) is -1.39. The molecule has 2 aromatic rings. The Kier molecular flexibility index (Phi) is 3.06. The maximum atomic E-state index is 13.8. The third-order valence-electron chi connectivity index (χ3n) is 2.42. The van der Waals surface area contributed by atoms with E-state index >= 15 is 0 Å². The maximum Gasteiger partial charge on any atom is 0.165 e. The highest BCUT2D eigenvalue weighted by Gasteiger charge is 2.16. The van der Waals surface area contributed by atoms with E-state index in [0.29, 0.717) is 11.4 Å². The van der Waals surface area contributed by atoms with Crippen LogP contribution in [0.25, 0.3) is 11.3 Å². The highest BCUT2D eigenvalue weighted by Crippen LogP contribution is 2.29. The zero-order valence-electron chi connectivity index (χ0n) is 9.13. The summed E-state index contributed by atoms with van der Waals surface area (Å²) < 4.78 is 31.9. The van der Waals surface area contributed by atoms with Gasteiger partial charge in [0.1, 0.15) is 5.82 Å². The average Bonchev–Trinajstić information content (AvgIpc) is 2.79. The van der Waals surface area contributed by atoms with Crippen LogP contribution < -0.4 is 10.5 Å². The molecule has 3 N–H and O–H groups in total. The number of hydrogen-bond acceptors (Lipinski definition) is 3. The molecule has 17 heavy (non-hydrogen) atoms. The highest BCUT2D eigenvalue weighted by molar-refractivity contribution is 5.63. The molecule has 6 heteroatoms. The fourth-order valence-electron chi connectivity index (χ4n) is 1.58. The molecule has 0 aliphatic carbocycles. The number of ether oxygens (including phenoxy) is 1. The summed E-state index contributed by atoms with van der Waals surface area (Å²) in [6, 6.07) is 2.03. The molecule has 1 aromatic heterocycles.